The summed E-state index contributed by atoms with van der Waals surface area (Å²) in [6.45, 7) is 2.95. The first-order valence-electron chi connectivity index (χ1n) is 5.07. The van der Waals surface area contributed by atoms with Gasteiger partial charge in [-0.25, -0.2) is 0 Å². The van der Waals surface area contributed by atoms with E-state index < -0.39 is 23.4 Å². The molecule has 94 valence electrons. The van der Waals surface area contributed by atoms with E-state index >= 15 is 0 Å². The minimum Gasteiger partial charge on any atom is -0.550 e. The minimum atomic E-state index is -1.32. The second-order valence-corrected chi connectivity index (χ2v) is 4.32. The van der Waals surface area contributed by atoms with Crippen LogP contribution in [0.2, 0.25) is 0 Å². The molecule has 3 N–H and O–H groups in total. The SMILES string of the molecule is CC(C)(CO)[C@@H](O)C(=O)NCCCC(=O)[O-].[Ca+2]. The standard InChI is InChI=1S/C10H19NO5.Ca/c1-10(2,6-12)8(15)9(16)11-5-3-4-7(13)14;/h8,12,15H,3-6H2,1-2H3,(H,11,16)(H,13,14);/q;+2/p-1/t8-;/m0./s1. The Hall–Kier alpha value is 0.120. The van der Waals surface area contributed by atoms with Gasteiger partial charge in [-0.15, -0.1) is 0 Å². The summed E-state index contributed by atoms with van der Waals surface area (Å²) in [7, 11) is 0. The van der Waals surface area contributed by atoms with Crippen LogP contribution in [0.25, 0.3) is 0 Å². The summed E-state index contributed by atoms with van der Waals surface area (Å²) in [5, 5.41) is 30.9. The number of aliphatic hydroxyl groups is 2. The van der Waals surface area contributed by atoms with Gasteiger partial charge in [0.1, 0.15) is 6.10 Å². The topological polar surface area (TPSA) is 110 Å². The molecule has 0 radical (unpaired) electrons. The number of carbonyl (C=O) groups is 2. The fraction of sp³-hybridized carbons (Fsp3) is 0.800. The maximum atomic E-state index is 11.4. The first-order chi connectivity index (χ1) is 7.31. The summed E-state index contributed by atoms with van der Waals surface area (Å²) in [5.74, 6) is -1.79. The third-order valence-corrected chi connectivity index (χ3v) is 2.25. The summed E-state index contributed by atoms with van der Waals surface area (Å²) in [4.78, 5) is 21.4. The molecule has 0 unspecified atom stereocenters. The molecule has 0 rings (SSSR count). The Labute approximate surface area is 130 Å². The van der Waals surface area contributed by atoms with Crippen LogP contribution in [-0.2, 0) is 9.59 Å². The second kappa shape index (κ2) is 9.10. The van der Waals surface area contributed by atoms with Gasteiger partial charge in [0, 0.05) is 17.9 Å². The van der Waals surface area contributed by atoms with E-state index in [0.717, 1.165) is 0 Å². The van der Waals surface area contributed by atoms with Crippen LogP contribution < -0.4 is 10.4 Å². The summed E-state index contributed by atoms with van der Waals surface area (Å²) in [6.07, 6.45) is -1.21. The van der Waals surface area contributed by atoms with Gasteiger partial charge in [-0.05, 0) is 12.8 Å². The molecule has 0 aliphatic carbocycles. The molecule has 0 aromatic carbocycles. The summed E-state index contributed by atoms with van der Waals surface area (Å²) < 4.78 is 0. The third-order valence-electron chi connectivity index (χ3n) is 2.25. The van der Waals surface area contributed by atoms with Gasteiger partial charge in [0.15, 0.2) is 0 Å². The molecular weight excluding hydrogens is 254 g/mol. The summed E-state index contributed by atoms with van der Waals surface area (Å²) in [6, 6.07) is 0. The van der Waals surface area contributed by atoms with Crippen molar-refractivity contribution in [3.8, 4) is 0 Å². The number of hydrogen-bond acceptors (Lipinski definition) is 5. The number of aliphatic hydroxyl groups excluding tert-OH is 2. The van der Waals surface area contributed by atoms with E-state index in [1.165, 1.54) is 0 Å². The van der Waals surface area contributed by atoms with Gasteiger partial charge in [0.05, 0.1) is 6.61 Å². The zero-order valence-corrected chi connectivity index (χ0v) is 12.4. The Morgan fingerprint density at radius 3 is 2.35 bits per heavy atom. The molecule has 0 fully saturated rings. The van der Waals surface area contributed by atoms with E-state index in [1.54, 1.807) is 13.8 Å². The number of nitrogens with one attached hydrogen (secondary N) is 1. The monoisotopic (exact) mass is 272 g/mol. The zero-order chi connectivity index (χ0) is 12.8. The van der Waals surface area contributed by atoms with Gasteiger partial charge in [-0.1, -0.05) is 13.8 Å². The molecule has 0 aromatic rings. The van der Waals surface area contributed by atoms with Crippen molar-refractivity contribution in [3.63, 3.8) is 0 Å². The Morgan fingerprint density at radius 1 is 1.41 bits per heavy atom. The summed E-state index contributed by atoms with van der Waals surface area (Å²) in [5.41, 5.74) is -0.918. The van der Waals surface area contributed by atoms with Crippen molar-refractivity contribution in [3.05, 3.63) is 0 Å². The van der Waals surface area contributed by atoms with Crippen molar-refractivity contribution in [2.75, 3.05) is 13.2 Å². The van der Waals surface area contributed by atoms with Gasteiger partial charge in [0.2, 0.25) is 5.91 Å². The second-order valence-electron chi connectivity index (χ2n) is 4.32. The number of carboxylic acids is 1. The summed E-state index contributed by atoms with van der Waals surface area (Å²) >= 11 is 0. The van der Waals surface area contributed by atoms with Gasteiger partial charge >= 0.3 is 37.7 Å². The fourth-order valence-electron chi connectivity index (χ4n) is 0.982. The average molecular weight is 272 g/mol. The van der Waals surface area contributed by atoms with Crippen LogP contribution in [0, 0.1) is 5.41 Å². The van der Waals surface area contributed by atoms with Crippen LogP contribution in [0.4, 0.5) is 0 Å². The van der Waals surface area contributed by atoms with Gasteiger partial charge in [-0.3, -0.25) is 4.79 Å². The Kier molecular flexibility index (Phi) is 10.4. The minimum absolute atomic E-state index is 0. The smallest absolute Gasteiger partial charge is 0.550 e. The van der Waals surface area contributed by atoms with Crippen molar-refractivity contribution in [2.24, 2.45) is 5.41 Å². The number of rotatable bonds is 7. The number of hydrogen-bond donors (Lipinski definition) is 3. The zero-order valence-electron chi connectivity index (χ0n) is 10.2. The first-order valence-corrected chi connectivity index (χ1v) is 5.07. The molecule has 0 bridgehead atoms. The maximum absolute atomic E-state index is 11.4. The molecule has 0 aromatic heterocycles. The van der Waals surface area contributed by atoms with Gasteiger partial charge < -0.3 is 25.4 Å². The number of aliphatic carboxylic acids is 1. The third kappa shape index (κ3) is 7.94. The average Bonchev–Trinajstić information content (AvgIpc) is 2.22. The Balaban J connectivity index is 0. The molecule has 0 saturated carbocycles. The molecule has 0 heterocycles. The van der Waals surface area contributed by atoms with E-state index in [0.29, 0.717) is 0 Å². The normalized spacial score (nSPS) is 12.5. The van der Waals surface area contributed by atoms with Crippen LogP contribution in [0.3, 0.4) is 0 Å². The van der Waals surface area contributed by atoms with Crippen LogP contribution in [0.15, 0.2) is 0 Å². The molecule has 0 spiro atoms. The molecule has 6 nitrogen and oxygen atoms in total. The van der Waals surface area contributed by atoms with E-state index in [9.17, 15) is 19.8 Å². The number of amides is 1. The van der Waals surface area contributed by atoms with Crippen LogP contribution in [0.1, 0.15) is 26.7 Å². The molecular formula is C10H18CaNO5+. The Bertz CT molecular complexity index is 257. The first kappa shape index (κ1) is 19.5. The van der Waals surface area contributed by atoms with Crippen molar-refractivity contribution >= 4 is 49.6 Å². The van der Waals surface area contributed by atoms with Crippen molar-refractivity contribution in [1.82, 2.24) is 5.32 Å². The molecule has 0 aliphatic rings. The van der Waals surface area contributed by atoms with Crippen LogP contribution in [-0.4, -0.2) is 79.1 Å². The molecule has 0 saturated heterocycles. The quantitative estimate of drug-likeness (QED) is 0.354. The largest absolute Gasteiger partial charge is 2.00 e. The van der Waals surface area contributed by atoms with Crippen molar-refractivity contribution < 1.29 is 24.9 Å². The predicted octanol–water partition coefficient (Wildman–Crippen LogP) is -2.37. The van der Waals surface area contributed by atoms with Crippen LogP contribution in [0.5, 0.6) is 0 Å². The van der Waals surface area contributed by atoms with E-state index in [4.69, 9.17) is 5.11 Å². The predicted molar refractivity (Wildman–Crippen MR) is 59.9 cm³/mol. The molecule has 1 amide bonds. The number of carboxylic acid groups (broad SMARTS) is 1. The molecule has 0 aliphatic heterocycles. The van der Waals surface area contributed by atoms with Crippen molar-refractivity contribution in [1.29, 1.82) is 0 Å². The van der Waals surface area contributed by atoms with E-state index in [2.05, 4.69) is 5.32 Å². The maximum Gasteiger partial charge on any atom is 2.00 e. The van der Waals surface area contributed by atoms with E-state index in [-0.39, 0.29) is 63.7 Å². The molecule has 7 heteroatoms. The number of carbonyl (C=O) groups excluding carboxylic acids is 2. The fourth-order valence-corrected chi connectivity index (χ4v) is 0.982. The van der Waals surface area contributed by atoms with E-state index in [1.807, 2.05) is 0 Å². The molecule has 17 heavy (non-hydrogen) atoms. The molecule has 1 atom stereocenters. The van der Waals surface area contributed by atoms with Crippen LogP contribution >= 0.6 is 0 Å². The van der Waals surface area contributed by atoms with Gasteiger partial charge in [0.25, 0.3) is 0 Å². The Morgan fingerprint density at radius 2 is 1.94 bits per heavy atom. The van der Waals surface area contributed by atoms with Crippen molar-refractivity contribution in [2.45, 2.75) is 32.8 Å². The van der Waals surface area contributed by atoms with Gasteiger partial charge in [-0.2, -0.15) is 0 Å².